The molecule has 146 valence electrons. The molecule has 2 aromatic carbocycles. The first-order valence-corrected chi connectivity index (χ1v) is 8.62. The lowest BCUT2D eigenvalue weighted by molar-refractivity contribution is 0.0950. The van der Waals surface area contributed by atoms with E-state index in [0.29, 0.717) is 47.5 Å². The van der Waals surface area contributed by atoms with E-state index in [-0.39, 0.29) is 5.91 Å². The molecule has 0 aliphatic carbocycles. The van der Waals surface area contributed by atoms with E-state index in [4.69, 9.17) is 18.7 Å². The van der Waals surface area contributed by atoms with Crippen LogP contribution in [-0.4, -0.2) is 43.9 Å². The van der Waals surface area contributed by atoms with E-state index in [2.05, 4.69) is 15.5 Å². The first-order valence-electron chi connectivity index (χ1n) is 8.62. The van der Waals surface area contributed by atoms with Crippen molar-refractivity contribution < 1.29 is 23.5 Å². The summed E-state index contributed by atoms with van der Waals surface area (Å²) in [5.74, 6) is 2.35. The standard InChI is InChI=1S/C20H21N3O5/c1-25-15-7-5-4-6-14(15)20(24)21-11-10-18-22-19(23-28-18)13-8-9-16(26-2)17(12-13)27-3/h4-9,12H,10-11H2,1-3H3,(H,21,24). The van der Waals surface area contributed by atoms with Crippen LogP contribution in [0.15, 0.2) is 47.0 Å². The Morgan fingerprint density at radius 1 is 1.00 bits per heavy atom. The smallest absolute Gasteiger partial charge is 0.255 e. The average Bonchev–Trinajstić information content (AvgIpc) is 3.22. The Bertz CT molecular complexity index is 955. The van der Waals surface area contributed by atoms with Crippen LogP contribution < -0.4 is 19.5 Å². The number of aromatic nitrogens is 2. The van der Waals surface area contributed by atoms with Crippen molar-refractivity contribution in [3.05, 3.63) is 53.9 Å². The predicted molar refractivity (Wildman–Crippen MR) is 102 cm³/mol. The Balaban J connectivity index is 1.61. The predicted octanol–water partition coefficient (Wildman–Crippen LogP) is 2.73. The highest BCUT2D eigenvalue weighted by molar-refractivity contribution is 5.96. The lowest BCUT2D eigenvalue weighted by Gasteiger charge is -2.08. The van der Waals surface area contributed by atoms with Gasteiger partial charge in [-0.2, -0.15) is 4.98 Å². The Hall–Kier alpha value is -3.55. The molecule has 0 unspecified atom stereocenters. The van der Waals surface area contributed by atoms with Gasteiger partial charge in [-0.1, -0.05) is 17.3 Å². The molecule has 0 saturated heterocycles. The maximum absolute atomic E-state index is 12.3. The molecule has 8 heteroatoms. The number of benzene rings is 2. The van der Waals surface area contributed by atoms with E-state index in [1.807, 2.05) is 12.1 Å². The molecule has 0 aliphatic rings. The van der Waals surface area contributed by atoms with E-state index in [0.717, 1.165) is 5.56 Å². The highest BCUT2D eigenvalue weighted by Gasteiger charge is 2.14. The fourth-order valence-corrected chi connectivity index (χ4v) is 2.66. The van der Waals surface area contributed by atoms with Gasteiger partial charge in [-0.15, -0.1) is 0 Å². The van der Waals surface area contributed by atoms with Crippen LogP contribution in [0.3, 0.4) is 0 Å². The number of hydrogen-bond acceptors (Lipinski definition) is 7. The zero-order valence-electron chi connectivity index (χ0n) is 15.9. The highest BCUT2D eigenvalue weighted by Crippen LogP contribution is 2.31. The molecule has 0 spiro atoms. The fourth-order valence-electron chi connectivity index (χ4n) is 2.66. The number of rotatable bonds is 8. The summed E-state index contributed by atoms with van der Waals surface area (Å²) < 4.78 is 21.0. The van der Waals surface area contributed by atoms with Crippen LogP contribution in [-0.2, 0) is 6.42 Å². The minimum absolute atomic E-state index is 0.225. The van der Waals surface area contributed by atoms with Crippen LogP contribution in [0, 0.1) is 0 Å². The van der Waals surface area contributed by atoms with Gasteiger partial charge < -0.3 is 24.1 Å². The summed E-state index contributed by atoms with van der Waals surface area (Å²) in [4.78, 5) is 16.7. The number of hydrogen-bond donors (Lipinski definition) is 1. The van der Waals surface area contributed by atoms with Gasteiger partial charge in [0.25, 0.3) is 5.91 Å². The largest absolute Gasteiger partial charge is 0.496 e. The zero-order valence-corrected chi connectivity index (χ0v) is 15.9. The van der Waals surface area contributed by atoms with Crippen molar-refractivity contribution in [1.82, 2.24) is 15.5 Å². The molecule has 1 amide bonds. The number of nitrogens with one attached hydrogen (secondary N) is 1. The maximum atomic E-state index is 12.3. The van der Waals surface area contributed by atoms with Crippen LogP contribution in [0.5, 0.6) is 17.2 Å². The lowest BCUT2D eigenvalue weighted by atomic mass is 10.2. The highest BCUT2D eigenvalue weighted by atomic mass is 16.5. The molecule has 28 heavy (non-hydrogen) atoms. The van der Waals surface area contributed by atoms with Crippen LogP contribution >= 0.6 is 0 Å². The van der Waals surface area contributed by atoms with Crippen molar-refractivity contribution in [3.8, 4) is 28.6 Å². The summed E-state index contributed by atoms with van der Waals surface area (Å²) in [5.41, 5.74) is 1.22. The van der Waals surface area contributed by atoms with Gasteiger partial charge in [0.2, 0.25) is 11.7 Å². The molecule has 0 aliphatic heterocycles. The summed E-state index contributed by atoms with van der Waals surface area (Å²) in [6.07, 6.45) is 0.404. The number of ether oxygens (including phenoxy) is 3. The monoisotopic (exact) mass is 383 g/mol. The van der Waals surface area contributed by atoms with Gasteiger partial charge in [0.1, 0.15) is 5.75 Å². The van der Waals surface area contributed by atoms with Crippen molar-refractivity contribution in [2.45, 2.75) is 6.42 Å². The number of methoxy groups -OCH3 is 3. The first kappa shape index (κ1) is 19.2. The molecule has 8 nitrogen and oxygen atoms in total. The Labute approximate surface area is 162 Å². The molecule has 0 saturated carbocycles. The first-order chi connectivity index (χ1) is 13.7. The molecule has 1 heterocycles. The molecule has 0 radical (unpaired) electrons. The molecule has 1 aromatic heterocycles. The third-order valence-electron chi connectivity index (χ3n) is 4.09. The summed E-state index contributed by atoms with van der Waals surface area (Å²) in [6, 6.07) is 12.4. The minimum Gasteiger partial charge on any atom is -0.496 e. The molecule has 3 rings (SSSR count). The van der Waals surface area contributed by atoms with Crippen molar-refractivity contribution >= 4 is 5.91 Å². The summed E-state index contributed by atoms with van der Waals surface area (Å²) in [7, 11) is 4.66. The van der Waals surface area contributed by atoms with Gasteiger partial charge in [0.15, 0.2) is 11.5 Å². The van der Waals surface area contributed by atoms with E-state index in [9.17, 15) is 4.79 Å². The summed E-state index contributed by atoms with van der Waals surface area (Å²) in [5, 5.41) is 6.81. The van der Waals surface area contributed by atoms with Crippen molar-refractivity contribution in [2.24, 2.45) is 0 Å². The Morgan fingerprint density at radius 2 is 1.75 bits per heavy atom. The zero-order chi connectivity index (χ0) is 19.9. The molecule has 3 aromatic rings. The maximum Gasteiger partial charge on any atom is 0.255 e. The number of carbonyl (C=O) groups excluding carboxylic acids is 1. The molecule has 0 bridgehead atoms. The lowest BCUT2D eigenvalue weighted by Crippen LogP contribution is -2.26. The van der Waals surface area contributed by atoms with Gasteiger partial charge in [0, 0.05) is 18.5 Å². The van der Waals surface area contributed by atoms with E-state index < -0.39 is 0 Å². The molecule has 0 atom stereocenters. The van der Waals surface area contributed by atoms with E-state index in [1.165, 1.54) is 7.11 Å². The van der Waals surface area contributed by atoms with Crippen LogP contribution in [0.25, 0.3) is 11.4 Å². The van der Waals surface area contributed by atoms with E-state index >= 15 is 0 Å². The van der Waals surface area contributed by atoms with Gasteiger partial charge in [-0.25, -0.2) is 0 Å². The van der Waals surface area contributed by atoms with Crippen molar-refractivity contribution in [2.75, 3.05) is 27.9 Å². The van der Waals surface area contributed by atoms with Crippen molar-refractivity contribution in [1.29, 1.82) is 0 Å². The molecular weight excluding hydrogens is 362 g/mol. The molecular formula is C20H21N3O5. The number of carbonyl (C=O) groups is 1. The quantitative estimate of drug-likeness (QED) is 0.639. The Kier molecular flexibility index (Phi) is 6.11. The number of para-hydroxylation sites is 1. The fraction of sp³-hybridized carbons (Fsp3) is 0.250. The van der Waals surface area contributed by atoms with Gasteiger partial charge in [-0.3, -0.25) is 4.79 Å². The van der Waals surface area contributed by atoms with Crippen LogP contribution in [0.2, 0.25) is 0 Å². The summed E-state index contributed by atoms with van der Waals surface area (Å²) in [6.45, 7) is 0.352. The van der Waals surface area contributed by atoms with Crippen molar-refractivity contribution in [3.63, 3.8) is 0 Å². The van der Waals surface area contributed by atoms with E-state index in [1.54, 1.807) is 44.6 Å². The average molecular weight is 383 g/mol. The summed E-state index contributed by atoms with van der Waals surface area (Å²) >= 11 is 0. The van der Waals surface area contributed by atoms with Gasteiger partial charge in [-0.05, 0) is 30.3 Å². The third-order valence-corrected chi connectivity index (χ3v) is 4.09. The number of amides is 1. The molecule has 1 N–H and O–H groups in total. The SMILES string of the molecule is COc1ccc(-c2noc(CCNC(=O)c3ccccc3OC)n2)cc1OC. The third kappa shape index (κ3) is 4.22. The topological polar surface area (TPSA) is 95.7 Å². The second-order valence-electron chi connectivity index (χ2n) is 5.79. The Morgan fingerprint density at radius 3 is 2.50 bits per heavy atom. The second kappa shape index (κ2) is 8.90. The number of nitrogens with zero attached hydrogens (tertiary/aromatic N) is 2. The van der Waals surface area contributed by atoms with Gasteiger partial charge >= 0.3 is 0 Å². The second-order valence-corrected chi connectivity index (χ2v) is 5.79. The van der Waals surface area contributed by atoms with Crippen LogP contribution in [0.4, 0.5) is 0 Å². The van der Waals surface area contributed by atoms with Gasteiger partial charge in [0.05, 0.1) is 26.9 Å². The molecule has 0 fully saturated rings. The van der Waals surface area contributed by atoms with Crippen LogP contribution in [0.1, 0.15) is 16.2 Å². The minimum atomic E-state index is -0.225. The normalized spacial score (nSPS) is 10.4.